The number of pyridine rings is 1. The standard InChI is InChI=1S/C21H18N2O4S/c1-12-17-10-15(11-22-20(17)28-19(12)21(26)27-3)18(25)9-6-14-4-7-16(8-5-14)23-13(2)24/h4-11H,1-3H3,(H,23,24)/b9-6+. The van der Waals surface area contributed by atoms with Crippen molar-refractivity contribution in [2.75, 3.05) is 12.4 Å². The molecule has 0 saturated carbocycles. The topological polar surface area (TPSA) is 85.4 Å². The first-order valence-corrected chi connectivity index (χ1v) is 9.28. The Kier molecular flexibility index (Phi) is 5.65. The molecule has 6 nitrogen and oxygen atoms in total. The summed E-state index contributed by atoms with van der Waals surface area (Å²) in [4.78, 5) is 40.9. The molecule has 7 heteroatoms. The molecule has 2 heterocycles. The Labute approximate surface area is 165 Å². The molecule has 1 N–H and O–H groups in total. The number of nitrogens with one attached hydrogen (secondary N) is 1. The molecule has 2 aromatic heterocycles. The fourth-order valence-corrected chi connectivity index (χ4v) is 3.72. The summed E-state index contributed by atoms with van der Waals surface area (Å²) >= 11 is 1.25. The number of hydrogen-bond donors (Lipinski definition) is 1. The van der Waals surface area contributed by atoms with Crippen molar-refractivity contribution in [3.63, 3.8) is 0 Å². The molecule has 0 fully saturated rings. The number of ether oxygens (including phenoxy) is 1. The number of methoxy groups -OCH3 is 1. The molecule has 28 heavy (non-hydrogen) atoms. The molecule has 0 aliphatic rings. The molecule has 0 spiro atoms. The number of allylic oxidation sites excluding steroid dienone is 1. The van der Waals surface area contributed by atoms with E-state index < -0.39 is 5.97 Å². The van der Waals surface area contributed by atoms with Crippen LogP contribution in [0.25, 0.3) is 16.3 Å². The van der Waals surface area contributed by atoms with Crippen LogP contribution in [-0.4, -0.2) is 29.8 Å². The van der Waals surface area contributed by atoms with Gasteiger partial charge in [0.25, 0.3) is 0 Å². The summed E-state index contributed by atoms with van der Waals surface area (Å²) in [5.41, 5.74) is 2.72. The average Bonchev–Trinajstić information content (AvgIpc) is 3.02. The summed E-state index contributed by atoms with van der Waals surface area (Å²) in [6.45, 7) is 3.26. The van der Waals surface area contributed by atoms with Gasteiger partial charge in [-0.2, -0.15) is 0 Å². The highest BCUT2D eigenvalue weighted by Crippen LogP contribution is 2.30. The molecular weight excluding hydrogens is 376 g/mol. The largest absolute Gasteiger partial charge is 0.465 e. The van der Waals surface area contributed by atoms with Gasteiger partial charge in [-0.3, -0.25) is 9.59 Å². The lowest BCUT2D eigenvalue weighted by molar-refractivity contribution is -0.114. The Morgan fingerprint density at radius 1 is 1.18 bits per heavy atom. The van der Waals surface area contributed by atoms with Crippen molar-refractivity contribution >= 4 is 51.0 Å². The number of rotatable bonds is 5. The van der Waals surface area contributed by atoms with Crippen LogP contribution in [0, 0.1) is 6.92 Å². The van der Waals surface area contributed by atoms with Crippen LogP contribution < -0.4 is 5.32 Å². The Bertz CT molecular complexity index is 1100. The van der Waals surface area contributed by atoms with Gasteiger partial charge in [-0.1, -0.05) is 18.2 Å². The minimum Gasteiger partial charge on any atom is -0.465 e. The molecule has 0 saturated heterocycles. The molecule has 0 aliphatic heterocycles. The number of aryl methyl sites for hydroxylation is 1. The zero-order chi connectivity index (χ0) is 20.3. The average molecular weight is 394 g/mol. The first-order chi connectivity index (χ1) is 13.4. The van der Waals surface area contributed by atoms with Crippen molar-refractivity contribution in [2.24, 2.45) is 0 Å². The predicted octanol–water partition coefficient (Wildman–Crippen LogP) is 4.25. The number of benzene rings is 1. The van der Waals surface area contributed by atoms with Crippen molar-refractivity contribution in [1.82, 2.24) is 4.98 Å². The van der Waals surface area contributed by atoms with Crippen LogP contribution >= 0.6 is 11.3 Å². The van der Waals surface area contributed by atoms with Gasteiger partial charge in [-0.05, 0) is 42.3 Å². The Hall–Kier alpha value is -3.32. The SMILES string of the molecule is COC(=O)c1sc2ncc(C(=O)/C=C/c3ccc(NC(C)=O)cc3)cc2c1C. The van der Waals surface area contributed by atoms with Crippen LogP contribution in [0.2, 0.25) is 0 Å². The lowest BCUT2D eigenvalue weighted by Crippen LogP contribution is -2.05. The lowest BCUT2D eigenvalue weighted by Gasteiger charge is -2.01. The normalized spacial score (nSPS) is 11.0. The second-order valence-electron chi connectivity index (χ2n) is 6.13. The molecule has 0 bridgehead atoms. The molecule has 1 amide bonds. The summed E-state index contributed by atoms with van der Waals surface area (Å²) in [5, 5.41) is 3.46. The van der Waals surface area contributed by atoms with Crippen molar-refractivity contribution in [1.29, 1.82) is 0 Å². The summed E-state index contributed by atoms with van der Waals surface area (Å²) in [6, 6.07) is 8.89. The monoisotopic (exact) mass is 394 g/mol. The maximum absolute atomic E-state index is 12.5. The highest BCUT2D eigenvalue weighted by molar-refractivity contribution is 7.20. The molecule has 142 valence electrons. The Morgan fingerprint density at radius 2 is 1.89 bits per heavy atom. The molecule has 3 aromatic rings. The third-order valence-electron chi connectivity index (χ3n) is 4.11. The smallest absolute Gasteiger partial charge is 0.348 e. The Morgan fingerprint density at radius 3 is 2.54 bits per heavy atom. The summed E-state index contributed by atoms with van der Waals surface area (Å²) in [7, 11) is 1.34. The molecule has 1 aromatic carbocycles. The molecule has 0 aliphatic carbocycles. The highest BCUT2D eigenvalue weighted by atomic mass is 32.1. The van der Waals surface area contributed by atoms with E-state index in [1.54, 1.807) is 24.3 Å². The quantitative estimate of drug-likeness (QED) is 0.397. The lowest BCUT2D eigenvalue weighted by atomic mass is 10.1. The van der Waals surface area contributed by atoms with Gasteiger partial charge in [0.15, 0.2) is 5.78 Å². The predicted molar refractivity (Wildman–Crippen MR) is 110 cm³/mol. The van der Waals surface area contributed by atoms with Gasteiger partial charge in [0.1, 0.15) is 9.71 Å². The number of hydrogen-bond acceptors (Lipinski definition) is 6. The van der Waals surface area contributed by atoms with Crippen molar-refractivity contribution in [2.45, 2.75) is 13.8 Å². The highest BCUT2D eigenvalue weighted by Gasteiger charge is 2.17. The molecule has 0 atom stereocenters. The summed E-state index contributed by atoms with van der Waals surface area (Å²) in [5.74, 6) is -0.734. The molecular formula is C21H18N2O4S. The number of esters is 1. The van der Waals surface area contributed by atoms with E-state index in [0.717, 1.165) is 16.5 Å². The van der Waals surface area contributed by atoms with Crippen molar-refractivity contribution in [3.05, 3.63) is 64.2 Å². The molecule has 3 rings (SSSR count). The van der Waals surface area contributed by atoms with Gasteiger partial charge < -0.3 is 10.1 Å². The number of aromatic nitrogens is 1. The maximum Gasteiger partial charge on any atom is 0.348 e. The number of carbonyl (C=O) groups is 3. The van der Waals surface area contributed by atoms with E-state index in [4.69, 9.17) is 4.74 Å². The van der Waals surface area contributed by atoms with Gasteiger partial charge in [0.05, 0.1) is 7.11 Å². The van der Waals surface area contributed by atoms with Crippen molar-refractivity contribution < 1.29 is 19.1 Å². The maximum atomic E-state index is 12.5. The number of fused-ring (bicyclic) bond motifs is 1. The first kappa shape index (κ1) is 19.4. The van der Waals surface area contributed by atoms with E-state index in [2.05, 4.69) is 10.3 Å². The number of anilines is 1. The van der Waals surface area contributed by atoms with Crippen LogP contribution in [0.5, 0.6) is 0 Å². The number of carbonyl (C=O) groups excluding carboxylic acids is 3. The van der Waals surface area contributed by atoms with E-state index in [9.17, 15) is 14.4 Å². The van der Waals surface area contributed by atoms with Crippen LogP contribution in [0.1, 0.15) is 38.1 Å². The van der Waals surface area contributed by atoms with Crippen LogP contribution in [0.3, 0.4) is 0 Å². The zero-order valence-corrected chi connectivity index (χ0v) is 16.4. The van der Waals surface area contributed by atoms with Gasteiger partial charge in [-0.15, -0.1) is 11.3 Å². The number of thiophene rings is 1. The fraction of sp³-hybridized carbons (Fsp3) is 0.143. The van der Waals surface area contributed by atoms with E-state index in [1.165, 1.54) is 37.6 Å². The third-order valence-corrected chi connectivity index (χ3v) is 5.30. The van der Waals surface area contributed by atoms with Crippen LogP contribution in [0.4, 0.5) is 5.69 Å². The van der Waals surface area contributed by atoms with Crippen LogP contribution in [0.15, 0.2) is 42.6 Å². The second-order valence-corrected chi connectivity index (χ2v) is 7.12. The minimum absolute atomic E-state index is 0.138. The third kappa shape index (κ3) is 4.15. The zero-order valence-electron chi connectivity index (χ0n) is 15.6. The molecule has 0 unspecified atom stereocenters. The van der Waals surface area contributed by atoms with Crippen molar-refractivity contribution in [3.8, 4) is 0 Å². The van der Waals surface area contributed by atoms with E-state index >= 15 is 0 Å². The summed E-state index contributed by atoms with van der Waals surface area (Å²) < 4.78 is 4.78. The number of nitrogens with zero attached hydrogens (tertiary/aromatic N) is 1. The van der Waals surface area contributed by atoms with Gasteiger partial charge in [-0.25, -0.2) is 9.78 Å². The van der Waals surface area contributed by atoms with E-state index in [0.29, 0.717) is 21.0 Å². The minimum atomic E-state index is -0.406. The van der Waals surface area contributed by atoms with E-state index in [-0.39, 0.29) is 11.7 Å². The van der Waals surface area contributed by atoms with E-state index in [1.807, 2.05) is 19.1 Å². The number of amides is 1. The second kappa shape index (κ2) is 8.14. The molecule has 0 radical (unpaired) electrons. The number of ketones is 1. The first-order valence-electron chi connectivity index (χ1n) is 8.46. The summed E-state index contributed by atoms with van der Waals surface area (Å²) in [6.07, 6.45) is 4.68. The van der Waals surface area contributed by atoms with Crippen LogP contribution in [-0.2, 0) is 9.53 Å². The fourth-order valence-electron chi connectivity index (χ4n) is 2.67. The van der Waals surface area contributed by atoms with Gasteiger partial charge in [0.2, 0.25) is 5.91 Å². The van der Waals surface area contributed by atoms with Gasteiger partial charge in [0, 0.05) is 29.8 Å². The van der Waals surface area contributed by atoms with Gasteiger partial charge >= 0.3 is 5.97 Å². The Balaban J connectivity index is 1.81.